The van der Waals surface area contributed by atoms with Crippen LogP contribution < -0.4 is 14.2 Å². The van der Waals surface area contributed by atoms with E-state index < -0.39 is 32.2 Å². The van der Waals surface area contributed by atoms with E-state index in [4.69, 9.17) is 14.2 Å². The zero-order valence-electron chi connectivity index (χ0n) is 23.5. The fourth-order valence-electron chi connectivity index (χ4n) is 4.06. The number of carboxylic acid groups (broad SMARTS) is 1. The van der Waals surface area contributed by atoms with Gasteiger partial charge in [-0.15, -0.1) is 0 Å². The Morgan fingerprint density at radius 2 is 1.71 bits per heavy atom. The van der Waals surface area contributed by atoms with Gasteiger partial charge in [-0.2, -0.15) is 0 Å². The maximum Gasteiger partial charge on any atom is 0.312 e. The molecule has 0 spiro atoms. The Bertz CT molecular complexity index is 1750. The highest BCUT2D eigenvalue weighted by Crippen LogP contribution is 2.31. The number of pyridine rings is 1. The van der Waals surface area contributed by atoms with Crippen molar-refractivity contribution >= 4 is 37.8 Å². The first-order valence-electron chi connectivity index (χ1n) is 12.5. The van der Waals surface area contributed by atoms with E-state index in [2.05, 4.69) is 9.97 Å². The molecule has 0 aliphatic heterocycles. The average molecular weight is 602 g/mol. The van der Waals surface area contributed by atoms with Crippen LogP contribution in [0.25, 0.3) is 11.0 Å². The van der Waals surface area contributed by atoms with E-state index in [-0.39, 0.29) is 27.9 Å². The zero-order chi connectivity index (χ0) is 30.1. The van der Waals surface area contributed by atoms with Crippen LogP contribution in [0.1, 0.15) is 30.7 Å². The minimum absolute atomic E-state index is 0.0927. The molecule has 0 radical (unpaired) electrons. The van der Waals surface area contributed by atoms with Crippen LogP contribution in [0.3, 0.4) is 0 Å². The highest BCUT2D eigenvalue weighted by Gasteiger charge is 2.30. The Labute approximate surface area is 240 Å². The van der Waals surface area contributed by atoms with Crippen molar-refractivity contribution in [2.24, 2.45) is 5.41 Å². The molecule has 41 heavy (non-hydrogen) atoms. The van der Waals surface area contributed by atoms with Gasteiger partial charge in [-0.3, -0.25) is 14.0 Å². The van der Waals surface area contributed by atoms with Gasteiger partial charge in [0, 0.05) is 23.4 Å². The number of carboxylic acids is 1. The average Bonchev–Trinajstić information content (AvgIpc) is 3.33. The molecule has 0 bridgehead atoms. The van der Waals surface area contributed by atoms with E-state index in [1.807, 2.05) is 6.92 Å². The summed E-state index contributed by atoms with van der Waals surface area (Å²) in [7, 11) is -3.23. The number of fused-ring (bicyclic) bond motifs is 1. The number of hydrogen-bond donors (Lipinski definition) is 1. The number of methoxy groups -OCH3 is 2. The summed E-state index contributed by atoms with van der Waals surface area (Å²) in [6.07, 6.45) is 1.62. The fraction of sp³-hybridized carbons (Fsp3) is 0.321. The number of carbonyl (C=O) groups is 1. The van der Waals surface area contributed by atoms with Crippen molar-refractivity contribution in [3.63, 3.8) is 0 Å². The Kier molecular flexibility index (Phi) is 8.41. The van der Waals surface area contributed by atoms with Gasteiger partial charge in [0.25, 0.3) is 10.0 Å². The lowest BCUT2D eigenvalue weighted by Gasteiger charge is -2.19. The Morgan fingerprint density at radius 3 is 2.32 bits per heavy atom. The standard InChI is InChI=1S/C28H31N3O8S2/c1-17-14-29-23(18(2)25(17)38-6)15-40(34)27-30-22-12-9-20(37-5)13-24(22)31(27)41(35,36)21-10-7-19(8-11-21)39-16-28(3,4)26(32)33/h7-14H,15-16H2,1-6H3,(H,32,33). The second-order valence-corrected chi connectivity index (χ2v) is 13.1. The first kappa shape index (κ1) is 30.0. The second kappa shape index (κ2) is 11.5. The first-order chi connectivity index (χ1) is 19.3. The number of nitrogens with zero attached hydrogens (tertiary/aromatic N) is 3. The number of aromatic nitrogens is 3. The van der Waals surface area contributed by atoms with Crippen LogP contribution in [0.15, 0.2) is 58.7 Å². The summed E-state index contributed by atoms with van der Waals surface area (Å²) < 4.78 is 59.1. The van der Waals surface area contributed by atoms with E-state index >= 15 is 0 Å². The van der Waals surface area contributed by atoms with Crippen LogP contribution in [0, 0.1) is 19.3 Å². The number of benzene rings is 2. The van der Waals surface area contributed by atoms with Crippen molar-refractivity contribution in [2.75, 3.05) is 20.8 Å². The number of imidazole rings is 1. The third-order valence-electron chi connectivity index (χ3n) is 6.55. The third-order valence-corrected chi connectivity index (χ3v) is 9.60. The Hall–Kier alpha value is -3.97. The lowest BCUT2D eigenvalue weighted by molar-refractivity contribution is -0.148. The number of hydrogen-bond acceptors (Lipinski definition) is 9. The van der Waals surface area contributed by atoms with Gasteiger partial charge in [0.1, 0.15) is 23.9 Å². The number of aryl methyl sites for hydroxylation is 1. The molecule has 218 valence electrons. The SMILES string of the molecule is COc1ccc2nc(S(=O)Cc3ncc(C)c(OC)c3C)n(S(=O)(=O)c3ccc(OCC(C)(C)C(=O)O)cc3)c2c1. The molecule has 2 aromatic heterocycles. The molecule has 0 aliphatic carbocycles. The Balaban J connectivity index is 1.77. The second-order valence-electron chi connectivity index (χ2n) is 10.0. The van der Waals surface area contributed by atoms with Gasteiger partial charge in [-0.1, -0.05) is 0 Å². The maximum atomic E-state index is 14.0. The summed E-state index contributed by atoms with van der Waals surface area (Å²) in [5.74, 6) is 0.205. The summed E-state index contributed by atoms with van der Waals surface area (Å²) in [5, 5.41) is 9.14. The van der Waals surface area contributed by atoms with E-state index in [0.29, 0.717) is 34.0 Å². The molecule has 11 nitrogen and oxygen atoms in total. The molecule has 13 heteroatoms. The molecule has 1 N–H and O–H groups in total. The van der Waals surface area contributed by atoms with Crippen molar-refractivity contribution < 1.29 is 36.7 Å². The van der Waals surface area contributed by atoms with Crippen molar-refractivity contribution in [1.82, 2.24) is 13.9 Å². The van der Waals surface area contributed by atoms with Gasteiger partial charge >= 0.3 is 5.97 Å². The van der Waals surface area contributed by atoms with Gasteiger partial charge in [0.2, 0.25) is 5.16 Å². The minimum Gasteiger partial charge on any atom is -0.497 e. The Morgan fingerprint density at radius 1 is 1.05 bits per heavy atom. The number of aliphatic carboxylic acids is 1. The molecule has 0 aliphatic rings. The first-order valence-corrected chi connectivity index (χ1v) is 15.2. The summed E-state index contributed by atoms with van der Waals surface area (Å²) in [4.78, 5) is 20.1. The van der Waals surface area contributed by atoms with Gasteiger partial charge < -0.3 is 19.3 Å². The zero-order valence-corrected chi connectivity index (χ0v) is 25.1. The van der Waals surface area contributed by atoms with Crippen molar-refractivity contribution in [3.05, 3.63) is 65.5 Å². The van der Waals surface area contributed by atoms with Crippen LogP contribution >= 0.6 is 0 Å². The predicted octanol–water partition coefficient (Wildman–Crippen LogP) is 4.10. The van der Waals surface area contributed by atoms with Crippen LogP contribution in [0.2, 0.25) is 0 Å². The van der Waals surface area contributed by atoms with Gasteiger partial charge in [-0.05, 0) is 64.1 Å². The van der Waals surface area contributed by atoms with E-state index in [0.717, 1.165) is 9.54 Å². The van der Waals surface area contributed by atoms with Crippen molar-refractivity contribution in [3.8, 4) is 17.2 Å². The molecule has 2 aromatic carbocycles. The van der Waals surface area contributed by atoms with Gasteiger partial charge in [0.15, 0.2) is 0 Å². The van der Waals surface area contributed by atoms with E-state index in [1.165, 1.54) is 51.3 Å². The predicted molar refractivity (Wildman–Crippen MR) is 153 cm³/mol. The molecular weight excluding hydrogens is 570 g/mol. The minimum atomic E-state index is -4.31. The van der Waals surface area contributed by atoms with Gasteiger partial charge in [0.05, 0.1) is 57.8 Å². The fourth-order valence-corrected chi connectivity index (χ4v) is 7.10. The molecular formula is C28H31N3O8S2. The molecule has 0 saturated heterocycles. The normalized spacial score (nSPS) is 12.7. The lowest BCUT2D eigenvalue weighted by Crippen LogP contribution is -2.30. The van der Waals surface area contributed by atoms with Crippen LogP contribution in [-0.2, 0) is 31.4 Å². The van der Waals surface area contributed by atoms with E-state index in [1.54, 1.807) is 32.4 Å². The molecule has 2 heterocycles. The van der Waals surface area contributed by atoms with Crippen molar-refractivity contribution in [2.45, 2.75) is 43.5 Å². The lowest BCUT2D eigenvalue weighted by atomic mass is 9.95. The summed E-state index contributed by atoms with van der Waals surface area (Å²) in [6.45, 7) is 6.59. The largest absolute Gasteiger partial charge is 0.497 e. The molecule has 0 amide bonds. The van der Waals surface area contributed by atoms with Crippen LogP contribution in [0.5, 0.6) is 17.2 Å². The third kappa shape index (κ3) is 5.91. The molecule has 1 unspecified atom stereocenters. The number of rotatable bonds is 11. The molecule has 0 saturated carbocycles. The highest BCUT2D eigenvalue weighted by molar-refractivity contribution is 7.91. The highest BCUT2D eigenvalue weighted by atomic mass is 32.2. The van der Waals surface area contributed by atoms with E-state index in [9.17, 15) is 22.5 Å². The summed E-state index contributed by atoms with van der Waals surface area (Å²) in [6, 6.07) is 10.3. The molecule has 1 atom stereocenters. The summed E-state index contributed by atoms with van der Waals surface area (Å²) >= 11 is 0. The quantitative estimate of drug-likeness (QED) is 0.266. The summed E-state index contributed by atoms with van der Waals surface area (Å²) in [5.41, 5.74) is 1.40. The van der Waals surface area contributed by atoms with Crippen LogP contribution in [-0.4, -0.2) is 58.5 Å². The molecule has 0 fully saturated rings. The van der Waals surface area contributed by atoms with Crippen molar-refractivity contribution in [1.29, 1.82) is 0 Å². The van der Waals surface area contributed by atoms with Gasteiger partial charge in [-0.25, -0.2) is 17.4 Å². The molecule has 4 rings (SSSR count). The number of ether oxygens (including phenoxy) is 3. The monoisotopic (exact) mass is 601 g/mol. The smallest absolute Gasteiger partial charge is 0.312 e. The maximum absolute atomic E-state index is 14.0. The topological polar surface area (TPSA) is 147 Å². The molecule has 4 aromatic rings. The van der Waals surface area contributed by atoms with Crippen LogP contribution in [0.4, 0.5) is 0 Å².